The summed E-state index contributed by atoms with van der Waals surface area (Å²) in [6.07, 6.45) is 2.92. The van der Waals surface area contributed by atoms with E-state index in [4.69, 9.17) is 16.3 Å². The topological polar surface area (TPSA) is 67.4 Å². The lowest BCUT2D eigenvalue weighted by Crippen LogP contribution is -2.45. The van der Waals surface area contributed by atoms with Gasteiger partial charge in [-0.05, 0) is 45.0 Å². The van der Waals surface area contributed by atoms with Gasteiger partial charge in [-0.1, -0.05) is 11.6 Å². The molecule has 0 atom stereocenters. The molecule has 0 bridgehead atoms. The van der Waals surface area contributed by atoms with Crippen LogP contribution in [-0.2, 0) is 9.59 Å². The van der Waals surface area contributed by atoms with Gasteiger partial charge in [0.25, 0.3) is 0 Å². The average Bonchev–Trinajstić information content (AvgIpc) is 2.41. The molecule has 0 spiro atoms. The maximum Gasteiger partial charge on any atom is 0.244 e. The van der Waals surface area contributed by atoms with Crippen molar-refractivity contribution in [2.24, 2.45) is 0 Å². The number of benzene rings is 1. The number of hydrogen-bond acceptors (Lipinski definition) is 3. The van der Waals surface area contributed by atoms with Crippen LogP contribution in [0.1, 0.15) is 26.3 Å². The highest BCUT2D eigenvalue weighted by Gasteiger charge is 2.13. The molecule has 1 rings (SSSR count). The summed E-state index contributed by atoms with van der Waals surface area (Å²) in [4.78, 5) is 23.3. The third kappa shape index (κ3) is 6.63. The summed E-state index contributed by atoms with van der Waals surface area (Å²) in [7, 11) is 1.54. The Kier molecular flexibility index (Phi) is 6.43. The number of ether oxygens (including phenoxy) is 1. The minimum absolute atomic E-state index is 0.0763. The molecule has 5 nitrogen and oxygen atoms in total. The monoisotopic (exact) mass is 324 g/mol. The summed E-state index contributed by atoms with van der Waals surface area (Å²) in [5.41, 5.74) is 0.357. The lowest BCUT2D eigenvalue weighted by molar-refractivity contribution is -0.124. The quantitative estimate of drug-likeness (QED) is 0.817. The standard InChI is InChI=1S/C16H21ClN2O3/c1-16(2,3)19-15(21)10-18-14(20)8-5-11-9-12(17)6-7-13(11)22-4/h5-9H,10H2,1-4H3,(H,18,20)(H,19,21)/b8-5-. The van der Waals surface area contributed by atoms with Gasteiger partial charge in [0.1, 0.15) is 5.75 Å². The van der Waals surface area contributed by atoms with E-state index in [2.05, 4.69) is 10.6 Å². The molecular formula is C16H21ClN2O3. The lowest BCUT2D eigenvalue weighted by Gasteiger charge is -2.20. The molecular weight excluding hydrogens is 304 g/mol. The molecule has 6 heteroatoms. The molecule has 0 fully saturated rings. The van der Waals surface area contributed by atoms with Crippen LogP contribution in [0.5, 0.6) is 5.75 Å². The predicted octanol–water partition coefficient (Wildman–Crippen LogP) is 2.39. The minimum atomic E-state index is -0.369. The van der Waals surface area contributed by atoms with Crippen LogP contribution < -0.4 is 15.4 Å². The molecule has 0 saturated heterocycles. The molecule has 1 aromatic carbocycles. The fourth-order valence-electron chi connectivity index (χ4n) is 1.69. The second-order valence-electron chi connectivity index (χ2n) is 5.74. The Morgan fingerprint density at radius 3 is 2.59 bits per heavy atom. The molecule has 2 N–H and O–H groups in total. The van der Waals surface area contributed by atoms with Crippen molar-refractivity contribution in [3.63, 3.8) is 0 Å². The highest BCUT2D eigenvalue weighted by atomic mass is 35.5. The Hall–Kier alpha value is -2.01. The van der Waals surface area contributed by atoms with E-state index in [0.29, 0.717) is 16.3 Å². The first-order valence-corrected chi connectivity index (χ1v) is 7.19. The van der Waals surface area contributed by atoms with Crippen LogP contribution in [0.2, 0.25) is 5.02 Å². The number of carbonyl (C=O) groups is 2. The van der Waals surface area contributed by atoms with Gasteiger partial charge in [0.2, 0.25) is 11.8 Å². The first-order valence-electron chi connectivity index (χ1n) is 6.82. The van der Waals surface area contributed by atoms with Crippen LogP contribution in [0.25, 0.3) is 6.08 Å². The van der Waals surface area contributed by atoms with E-state index in [0.717, 1.165) is 0 Å². The van der Waals surface area contributed by atoms with E-state index in [1.54, 1.807) is 24.3 Å². The van der Waals surface area contributed by atoms with Gasteiger partial charge in [-0.2, -0.15) is 0 Å². The maximum absolute atomic E-state index is 11.7. The van der Waals surface area contributed by atoms with Crippen LogP contribution in [0, 0.1) is 0 Å². The molecule has 1 aromatic rings. The van der Waals surface area contributed by atoms with E-state index >= 15 is 0 Å². The van der Waals surface area contributed by atoms with Crippen molar-refractivity contribution in [3.05, 3.63) is 34.9 Å². The molecule has 120 valence electrons. The Bertz CT molecular complexity index is 577. The summed E-state index contributed by atoms with van der Waals surface area (Å²) in [6, 6.07) is 5.11. The molecule has 0 aliphatic heterocycles. The molecule has 0 aliphatic rings. The van der Waals surface area contributed by atoms with Gasteiger partial charge in [0.05, 0.1) is 13.7 Å². The van der Waals surface area contributed by atoms with Crippen molar-refractivity contribution in [1.82, 2.24) is 10.6 Å². The van der Waals surface area contributed by atoms with E-state index < -0.39 is 0 Å². The van der Waals surface area contributed by atoms with Crippen molar-refractivity contribution in [2.45, 2.75) is 26.3 Å². The smallest absolute Gasteiger partial charge is 0.244 e. The SMILES string of the molecule is COc1ccc(Cl)cc1/C=C\C(=O)NCC(=O)NC(C)(C)C. The number of carbonyl (C=O) groups excluding carboxylic acids is 2. The summed E-state index contributed by atoms with van der Waals surface area (Å²) >= 11 is 5.91. The van der Waals surface area contributed by atoms with Gasteiger partial charge >= 0.3 is 0 Å². The van der Waals surface area contributed by atoms with E-state index in [-0.39, 0.29) is 23.9 Å². The van der Waals surface area contributed by atoms with E-state index in [1.807, 2.05) is 20.8 Å². The van der Waals surface area contributed by atoms with Crippen LogP contribution >= 0.6 is 11.6 Å². The number of halogens is 1. The van der Waals surface area contributed by atoms with Gasteiger partial charge in [-0.25, -0.2) is 0 Å². The van der Waals surface area contributed by atoms with Crippen LogP contribution in [0.4, 0.5) is 0 Å². The number of amides is 2. The van der Waals surface area contributed by atoms with Crippen molar-refractivity contribution in [1.29, 1.82) is 0 Å². The van der Waals surface area contributed by atoms with Gasteiger partial charge in [-0.15, -0.1) is 0 Å². The highest BCUT2D eigenvalue weighted by Crippen LogP contribution is 2.23. The Balaban J connectivity index is 2.58. The highest BCUT2D eigenvalue weighted by molar-refractivity contribution is 6.30. The number of methoxy groups -OCH3 is 1. The first kappa shape index (κ1) is 18.0. The van der Waals surface area contributed by atoms with Gasteiger partial charge in [-0.3, -0.25) is 9.59 Å². The zero-order valence-electron chi connectivity index (χ0n) is 13.2. The molecule has 0 heterocycles. The Morgan fingerprint density at radius 2 is 2.00 bits per heavy atom. The predicted molar refractivity (Wildman–Crippen MR) is 87.9 cm³/mol. The lowest BCUT2D eigenvalue weighted by atomic mass is 10.1. The van der Waals surface area contributed by atoms with Crippen molar-refractivity contribution in [2.75, 3.05) is 13.7 Å². The Labute approximate surface area is 135 Å². The average molecular weight is 325 g/mol. The molecule has 0 radical (unpaired) electrons. The zero-order valence-corrected chi connectivity index (χ0v) is 14.0. The fourth-order valence-corrected chi connectivity index (χ4v) is 1.87. The van der Waals surface area contributed by atoms with Crippen molar-refractivity contribution in [3.8, 4) is 5.75 Å². The Morgan fingerprint density at radius 1 is 1.32 bits per heavy atom. The van der Waals surface area contributed by atoms with Gasteiger partial charge < -0.3 is 15.4 Å². The summed E-state index contributed by atoms with van der Waals surface area (Å²) in [6.45, 7) is 5.54. The normalized spacial score (nSPS) is 11.3. The van der Waals surface area contributed by atoms with Crippen molar-refractivity contribution >= 4 is 29.5 Å². The fraction of sp³-hybridized carbons (Fsp3) is 0.375. The third-order valence-corrected chi connectivity index (χ3v) is 2.78. The molecule has 0 saturated carbocycles. The van der Waals surface area contributed by atoms with Gasteiger partial charge in [0.15, 0.2) is 0 Å². The number of rotatable bonds is 5. The molecule has 22 heavy (non-hydrogen) atoms. The van der Waals surface area contributed by atoms with Crippen LogP contribution in [0.3, 0.4) is 0 Å². The molecule has 0 aliphatic carbocycles. The maximum atomic E-state index is 11.7. The van der Waals surface area contributed by atoms with Gasteiger partial charge in [0, 0.05) is 22.2 Å². The van der Waals surface area contributed by atoms with Crippen LogP contribution in [0.15, 0.2) is 24.3 Å². The second kappa shape index (κ2) is 7.84. The third-order valence-electron chi connectivity index (χ3n) is 2.54. The second-order valence-corrected chi connectivity index (χ2v) is 6.17. The molecule has 0 unspecified atom stereocenters. The number of nitrogens with one attached hydrogen (secondary N) is 2. The summed E-state index contributed by atoms with van der Waals surface area (Å²) < 4.78 is 5.18. The summed E-state index contributed by atoms with van der Waals surface area (Å²) in [5, 5.41) is 5.82. The largest absolute Gasteiger partial charge is 0.496 e. The van der Waals surface area contributed by atoms with Crippen LogP contribution in [-0.4, -0.2) is 31.0 Å². The zero-order chi connectivity index (χ0) is 16.8. The van der Waals surface area contributed by atoms with Crippen molar-refractivity contribution < 1.29 is 14.3 Å². The molecule has 0 aromatic heterocycles. The molecule has 2 amide bonds. The first-order chi connectivity index (χ1) is 10.2. The minimum Gasteiger partial charge on any atom is -0.496 e. The summed E-state index contributed by atoms with van der Waals surface area (Å²) in [5.74, 6) is -0.000371. The van der Waals surface area contributed by atoms with E-state index in [9.17, 15) is 9.59 Å². The van der Waals surface area contributed by atoms with E-state index in [1.165, 1.54) is 13.2 Å². The number of hydrogen-bond donors (Lipinski definition) is 2.